The number of carbonyl (C=O) groups excluding carboxylic acids is 1. The first-order valence-corrected chi connectivity index (χ1v) is 10.00. The van der Waals surface area contributed by atoms with Crippen LogP contribution in [-0.2, 0) is 11.3 Å². The van der Waals surface area contributed by atoms with Gasteiger partial charge in [-0.3, -0.25) is 9.69 Å². The summed E-state index contributed by atoms with van der Waals surface area (Å²) in [6, 6.07) is 6.11. The number of carbonyl (C=O) groups is 1. The monoisotopic (exact) mass is 457 g/mol. The molecule has 8 heteroatoms. The Kier molecular flexibility index (Phi) is 14.6. The van der Waals surface area contributed by atoms with Gasteiger partial charge in [-0.15, -0.1) is 24.8 Å². The van der Waals surface area contributed by atoms with Crippen LogP contribution in [0.4, 0.5) is 0 Å². The van der Waals surface area contributed by atoms with Crippen LogP contribution in [0.3, 0.4) is 0 Å². The predicted octanol–water partition coefficient (Wildman–Crippen LogP) is 4.83. The molecule has 3 N–H and O–H groups in total. The van der Waals surface area contributed by atoms with E-state index in [1.165, 1.54) is 5.56 Å². The number of nitrogens with one attached hydrogen (secondary N) is 1. The number of nitrogens with two attached hydrogens (primary N) is 1. The lowest BCUT2D eigenvalue weighted by molar-refractivity contribution is -0.122. The third-order valence-electron chi connectivity index (χ3n) is 4.70. The predicted molar refractivity (Wildman–Crippen MR) is 120 cm³/mol. The van der Waals surface area contributed by atoms with Crippen molar-refractivity contribution in [3.05, 3.63) is 33.8 Å². The molecule has 4 nitrogen and oxygen atoms in total. The standard InChI is InChI=1S/C19H29Cl2N3O.2ClH/c20-17-7-6-15(13-18(17)21)14-24-11-8-16(9-12-24)23-19(25)5-3-1-2-4-10-22;;/h6-7,13,16H,1-5,8-12,14,22H2,(H,23,25);2*1H. The zero-order valence-corrected chi connectivity index (χ0v) is 18.7. The highest BCUT2D eigenvalue weighted by molar-refractivity contribution is 6.42. The zero-order chi connectivity index (χ0) is 18.1. The van der Waals surface area contributed by atoms with Crippen molar-refractivity contribution < 1.29 is 4.79 Å². The number of benzene rings is 1. The molecule has 0 saturated carbocycles. The van der Waals surface area contributed by atoms with Crippen molar-refractivity contribution in [1.29, 1.82) is 0 Å². The van der Waals surface area contributed by atoms with Crippen LogP contribution in [0.5, 0.6) is 0 Å². The van der Waals surface area contributed by atoms with Crippen molar-refractivity contribution in [3.63, 3.8) is 0 Å². The lowest BCUT2D eigenvalue weighted by Gasteiger charge is -2.32. The topological polar surface area (TPSA) is 58.4 Å². The number of nitrogens with zero attached hydrogens (tertiary/aromatic N) is 1. The molecular formula is C19H31Cl4N3O. The first kappa shape index (κ1) is 26.8. The summed E-state index contributed by atoms with van der Waals surface area (Å²) in [5, 5.41) is 4.38. The molecule has 0 aromatic heterocycles. The van der Waals surface area contributed by atoms with Crippen molar-refractivity contribution in [3.8, 4) is 0 Å². The Bertz CT molecular complexity index is 552. The maximum absolute atomic E-state index is 12.0. The fraction of sp³-hybridized carbons (Fsp3) is 0.632. The van der Waals surface area contributed by atoms with E-state index in [-0.39, 0.29) is 30.7 Å². The Hall–Kier alpha value is -0.230. The van der Waals surface area contributed by atoms with E-state index in [1.807, 2.05) is 18.2 Å². The van der Waals surface area contributed by atoms with Crippen LogP contribution in [0.1, 0.15) is 50.5 Å². The second-order valence-electron chi connectivity index (χ2n) is 6.82. The summed E-state index contributed by atoms with van der Waals surface area (Å²) in [5.74, 6) is 0.190. The number of likely N-dealkylation sites (tertiary alicyclic amines) is 1. The second kappa shape index (κ2) is 14.7. The van der Waals surface area contributed by atoms with Crippen LogP contribution in [0.25, 0.3) is 0 Å². The average Bonchev–Trinajstić information content (AvgIpc) is 2.60. The van der Waals surface area contributed by atoms with Gasteiger partial charge in [0.1, 0.15) is 0 Å². The molecule has 1 saturated heterocycles. The zero-order valence-electron chi connectivity index (χ0n) is 15.6. The van der Waals surface area contributed by atoms with Crippen LogP contribution in [0, 0.1) is 0 Å². The van der Waals surface area contributed by atoms with Gasteiger partial charge in [0.2, 0.25) is 5.91 Å². The molecule has 1 aromatic rings. The van der Waals surface area contributed by atoms with Crippen molar-refractivity contribution in [1.82, 2.24) is 10.2 Å². The highest BCUT2D eigenvalue weighted by atomic mass is 35.5. The molecule has 0 aliphatic carbocycles. The van der Waals surface area contributed by atoms with Crippen molar-refractivity contribution in [2.24, 2.45) is 5.73 Å². The lowest BCUT2D eigenvalue weighted by atomic mass is 10.0. The number of hydrogen-bond donors (Lipinski definition) is 2. The Balaban J connectivity index is 0.00000338. The third kappa shape index (κ3) is 10.2. The molecule has 1 fully saturated rings. The van der Waals surface area contributed by atoms with Crippen LogP contribution in [0.15, 0.2) is 18.2 Å². The van der Waals surface area contributed by atoms with Crippen LogP contribution < -0.4 is 11.1 Å². The van der Waals surface area contributed by atoms with Gasteiger partial charge >= 0.3 is 0 Å². The van der Waals surface area contributed by atoms with E-state index in [4.69, 9.17) is 28.9 Å². The van der Waals surface area contributed by atoms with E-state index in [1.54, 1.807) is 0 Å². The molecule has 1 heterocycles. The summed E-state index contributed by atoms with van der Waals surface area (Å²) in [4.78, 5) is 14.4. The number of amides is 1. The Labute approximate surface area is 185 Å². The number of rotatable bonds is 9. The minimum atomic E-state index is 0. The van der Waals surface area contributed by atoms with E-state index >= 15 is 0 Å². The highest BCUT2D eigenvalue weighted by Gasteiger charge is 2.20. The molecule has 0 spiro atoms. The average molecular weight is 459 g/mol. The van der Waals surface area contributed by atoms with Crippen LogP contribution in [-0.4, -0.2) is 36.5 Å². The molecule has 1 aliphatic heterocycles. The number of piperidine rings is 1. The number of hydrogen-bond acceptors (Lipinski definition) is 3. The Morgan fingerprint density at radius 2 is 1.74 bits per heavy atom. The maximum Gasteiger partial charge on any atom is 0.220 e. The van der Waals surface area contributed by atoms with Gasteiger partial charge < -0.3 is 11.1 Å². The van der Waals surface area contributed by atoms with Crippen LogP contribution in [0.2, 0.25) is 10.0 Å². The maximum atomic E-state index is 12.0. The SMILES string of the molecule is Cl.Cl.NCCCCCCC(=O)NC1CCN(Cc2ccc(Cl)c(Cl)c2)CC1. The molecule has 1 aromatic carbocycles. The van der Waals surface area contributed by atoms with Gasteiger partial charge in [-0.2, -0.15) is 0 Å². The fourth-order valence-corrected chi connectivity index (χ4v) is 3.54. The summed E-state index contributed by atoms with van der Waals surface area (Å²) in [7, 11) is 0. The van der Waals surface area contributed by atoms with E-state index in [0.29, 0.717) is 22.5 Å². The first-order valence-electron chi connectivity index (χ1n) is 9.24. The Morgan fingerprint density at radius 1 is 1.07 bits per heavy atom. The van der Waals surface area contributed by atoms with Gasteiger partial charge in [0.05, 0.1) is 10.0 Å². The fourth-order valence-electron chi connectivity index (χ4n) is 3.21. The summed E-state index contributed by atoms with van der Waals surface area (Å²) >= 11 is 12.0. The van der Waals surface area contributed by atoms with Gasteiger partial charge in [-0.25, -0.2) is 0 Å². The minimum Gasteiger partial charge on any atom is -0.353 e. The normalized spacial score (nSPS) is 14.9. The van der Waals surface area contributed by atoms with Crippen molar-refractivity contribution >= 4 is 53.9 Å². The number of unbranched alkanes of at least 4 members (excludes halogenated alkanes) is 3. The first-order chi connectivity index (χ1) is 12.1. The summed E-state index contributed by atoms with van der Waals surface area (Å²) in [5.41, 5.74) is 6.65. The van der Waals surface area contributed by atoms with Crippen LogP contribution >= 0.6 is 48.0 Å². The number of halogens is 4. The molecule has 0 atom stereocenters. The minimum absolute atomic E-state index is 0. The van der Waals surface area contributed by atoms with E-state index in [2.05, 4.69) is 10.2 Å². The quantitative estimate of drug-likeness (QED) is 0.521. The summed E-state index contributed by atoms with van der Waals surface area (Å²) < 4.78 is 0. The van der Waals surface area contributed by atoms with Crippen molar-refractivity contribution in [2.75, 3.05) is 19.6 Å². The highest BCUT2D eigenvalue weighted by Crippen LogP contribution is 2.24. The molecule has 0 radical (unpaired) electrons. The van der Waals surface area contributed by atoms with Gasteiger partial charge in [-0.05, 0) is 49.9 Å². The molecule has 1 aliphatic rings. The molecule has 27 heavy (non-hydrogen) atoms. The molecule has 0 unspecified atom stereocenters. The molecule has 1 amide bonds. The Morgan fingerprint density at radius 3 is 2.37 bits per heavy atom. The molecule has 156 valence electrons. The largest absolute Gasteiger partial charge is 0.353 e. The summed E-state index contributed by atoms with van der Waals surface area (Å²) in [6.07, 6.45) is 6.86. The van der Waals surface area contributed by atoms with Gasteiger partial charge in [0, 0.05) is 32.1 Å². The second-order valence-corrected chi connectivity index (χ2v) is 7.63. The van der Waals surface area contributed by atoms with Gasteiger partial charge in [0.15, 0.2) is 0 Å². The summed E-state index contributed by atoms with van der Waals surface area (Å²) in [6.45, 7) is 3.59. The molecular weight excluding hydrogens is 428 g/mol. The van der Waals surface area contributed by atoms with Gasteiger partial charge in [0.25, 0.3) is 0 Å². The van der Waals surface area contributed by atoms with E-state index < -0.39 is 0 Å². The third-order valence-corrected chi connectivity index (χ3v) is 5.44. The van der Waals surface area contributed by atoms with E-state index in [9.17, 15) is 4.79 Å². The molecule has 0 bridgehead atoms. The van der Waals surface area contributed by atoms with Crippen molar-refractivity contribution in [2.45, 2.75) is 57.5 Å². The van der Waals surface area contributed by atoms with E-state index in [0.717, 1.165) is 64.7 Å². The van der Waals surface area contributed by atoms with Gasteiger partial charge in [-0.1, -0.05) is 42.1 Å². The lowest BCUT2D eigenvalue weighted by Crippen LogP contribution is -2.44. The molecule has 2 rings (SSSR count). The smallest absolute Gasteiger partial charge is 0.220 e.